The predicted octanol–water partition coefficient (Wildman–Crippen LogP) is 3.30. The SMILES string of the molecule is C.CC1OC(O[C@H]2/C=C/C=C/C=C/C=C/C=C/C=C/C=C/[C@H](C)[C@@H](O)[C@@H](C)[C@H](C)OC(=O)C[C@H](O)C[C@H](O)CC[C@@H](O)[C@H](O)C[C@H](O)C[C@@H]3C[C@H](O)[C@@H](C(=O)O)[C@H](C2)O3)C(O)C(N)C1C. The van der Waals surface area contributed by atoms with E-state index in [-0.39, 0.29) is 70.3 Å². The number of cyclic esters (lactones) is 1. The van der Waals surface area contributed by atoms with E-state index >= 15 is 0 Å². The molecule has 0 aromatic rings. The number of aliphatic carboxylic acids is 1. The van der Waals surface area contributed by atoms with E-state index in [2.05, 4.69) is 0 Å². The number of rotatable bonds is 3. The topological polar surface area (TPSA) is 279 Å². The summed E-state index contributed by atoms with van der Waals surface area (Å²) in [5, 5.41) is 96.5. The van der Waals surface area contributed by atoms with Crippen LogP contribution in [-0.2, 0) is 28.5 Å². The fourth-order valence-corrected chi connectivity index (χ4v) is 8.04. The zero-order valence-corrected chi connectivity index (χ0v) is 37.8. The van der Waals surface area contributed by atoms with Crippen molar-refractivity contribution in [2.45, 2.75) is 185 Å². The number of ether oxygens (including phenoxy) is 4. The zero-order chi connectivity index (χ0) is 47.5. The molecule has 11 N–H and O–H groups in total. The van der Waals surface area contributed by atoms with Gasteiger partial charge in [0.05, 0.1) is 73.6 Å². The van der Waals surface area contributed by atoms with Crippen LogP contribution in [0.5, 0.6) is 0 Å². The summed E-state index contributed by atoms with van der Waals surface area (Å²) in [4.78, 5) is 25.1. The fraction of sp³-hybridized carbons (Fsp3) is 0.673. The van der Waals surface area contributed by atoms with Crippen LogP contribution in [-0.4, -0.2) is 150 Å². The van der Waals surface area contributed by atoms with Gasteiger partial charge in [-0.05, 0) is 45.4 Å². The lowest BCUT2D eigenvalue weighted by atomic mass is 9.84. The Bertz CT molecular complexity index is 1610. The van der Waals surface area contributed by atoms with E-state index in [0.717, 1.165) is 0 Å². The van der Waals surface area contributed by atoms with Gasteiger partial charge in [0.2, 0.25) is 0 Å². The monoisotopic (exact) mass is 922 g/mol. The van der Waals surface area contributed by atoms with Crippen molar-refractivity contribution in [3.05, 3.63) is 85.1 Å². The van der Waals surface area contributed by atoms with Crippen LogP contribution in [0.4, 0.5) is 0 Å². The number of nitrogens with two attached hydrogens (primary N) is 1. The lowest BCUT2D eigenvalue weighted by Gasteiger charge is -2.43. The van der Waals surface area contributed by atoms with Crippen molar-refractivity contribution in [1.29, 1.82) is 0 Å². The first-order valence-corrected chi connectivity index (χ1v) is 22.6. The Labute approximate surface area is 385 Å². The summed E-state index contributed by atoms with van der Waals surface area (Å²) in [5.41, 5.74) is 6.28. The third-order valence-electron chi connectivity index (χ3n) is 12.4. The van der Waals surface area contributed by atoms with Crippen molar-refractivity contribution in [3.63, 3.8) is 0 Å². The maximum atomic E-state index is 12.6. The minimum Gasteiger partial charge on any atom is -0.481 e. The number of carbonyl (C=O) groups is 2. The third-order valence-corrected chi connectivity index (χ3v) is 12.4. The van der Waals surface area contributed by atoms with Gasteiger partial charge in [-0.1, -0.05) is 113 Å². The molecule has 16 heteroatoms. The van der Waals surface area contributed by atoms with Gasteiger partial charge < -0.3 is 70.6 Å². The molecule has 3 rings (SSSR count). The number of carbonyl (C=O) groups excluding carboxylic acids is 1. The lowest BCUT2D eigenvalue weighted by molar-refractivity contribution is -0.269. The van der Waals surface area contributed by atoms with Gasteiger partial charge in [-0.25, -0.2) is 0 Å². The Balaban J connectivity index is 0.0000145. The average Bonchev–Trinajstić information content (AvgIpc) is 3.22. The van der Waals surface area contributed by atoms with Gasteiger partial charge in [-0.3, -0.25) is 9.59 Å². The summed E-state index contributed by atoms with van der Waals surface area (Å²) >= 11 is 0. The van der Waals surface area contributed by atoms with Gasteiger partial charge in [0.25, 0.3) is 0 Å². The Kier molecular flexibility index (Phi) is 26.1. The van der Waals surface area contributed by atoms with Crippen LogP contribution < -0.4 is 5.73 Å². The highest BCUT2D eigenvalue weighted by Gasteiger charge is 2.45. The molecule has 3 aliphatic rings. The highest BCUT2D eigenvalue weighted by molar-refractivity contribution is 5.71. The largest absolute Gasteiger partial charge is 0.481 e. The van der Waals surface area contributed by atoms with Gasteiger partial charge >= 0.3 is 11.9 Å². The Morgan fingerprint density at radius 3 is 1.77 bits per heavy atom. The van der Waals surface area contributed by atoms with E-state index in [1.807, 2.05) is 75.5 Å². The lowest BCUT2D eigenvalue weighted by Crippen LogP contribution is -2.58. The number of carboxylic acids is 1. The van der Waals surface area contributed by atoms with Crippen molar-refractivity contribution in [3.8, 4) is 0 Å². The van der Waals surface area contributed by atoms with E-state index in [4.69, 9.17) is 24.7 Å². The van der Waals surface area contributed by atoms with Gasteiger partial charge in [0.1, 0.15) is 18.1 Å². The first kappa shape index (κ1) is 57.8. The predicted molar refractivity (Wildman–Crippen MR) is 246 cm³/mol. The number of carboxylic acid groups (broad SMARTS) is 1. The Morgan fingerprint density at radius 1 is 0.615 bits per heavy atom. The molecule has 0 amide bonds. The number of aliphatic hydroxyl groups is 8. The van der Waals surface area contributed by atoms with Crippen LogP contribution in [0.1, 0.15) is 93.4 Å². The molecule has 0 radical (unpaired) electrons. The molecule has 370 valence electrons. The summed E-state index contributed by atoms with van der Waals surface area (Å²) in [5.74, 6) is -4.23. The molecule has 2 fully saturated rings. The molecule has 3 heterocycles. The number of aliphatic hydroxyl groups excluding tert-OH is 8. The second-order valence-corrected chi connectivity index (χ2v) is 17.7. The minimum absolute atomic E-state index is 0. The van der Waals surface area contributed by atoms with Crippen LogP contribution in [0.2, 0.25) is 0 Å². The van der Waals surface area contributed by atoms with Crippen molar-refractivity contribution in [1.82, 2.24) is 0 Å². The summed E-state index contributed by atoms with van der Waals surface area (Å²) in [6.45, 7) is 8.93. The molecule has 2 bridgehead atoms. The zero-order valence-electron chi connectivity index (χ0n) is 37.8. The Hall–Kier alpha value is -3.36. The average molecular weight is 922 g/mol. The molecule has 3 aliphatic heterocycles. The molecular formula is C49H79NO15. The van der Waals surface area contributed by atoms with Gasteiger partial charge in [0.15, 0.2) is 6.29 Å². The second kappa shape index (κ2) is 29.4. The van der Waals surface area contributed by atoms with E-state index in [1.54, 1.807) is 44.2 Å². The van der Waals surface area contributed by atoms with Crippen LogP contribution in [0.15, 0.2) is 85.1 Å². The summed E-state index contributed by atoms with van der Waals surface area (Å²) in [7, 11) is 0. The standard InChI is InChI=1S/C48H75NO15.CH4/c1-28-18-16-14-12-10-8-6-7-9-11-13-15-17-19-36(64-48-46(58)44(49)29(2)31(4)62-48)27-41-43(47(59)60)40(55)26-37(63-41)23-35(52)24-39(54)38(53)21-20-33(50)22-34(51)25-42(56)61-32(5)30(3)45(28)57;/h6-19,28-41,43-46,48,50-55,57-58H,20-27,49H2,1-5H3,(H,59,60);1H4/b7-6+,10-8+,11-9+,14-12+,15-13+,18-16+,19-17+;/t28-,29?,30-,31?,32-,33+,34+,35+,36-,37+,38+,39+,40-,41-,43+,44?,45+,46?,48?;/m0./s1. The number of hydrogen-bond donors (Lipinski definition) is 10. The van der Waals surface area contributed by atoms with Crippen LogP contribution in [0.25, 0.3) is 0 Å². The highest BCUT2D eigenvalue weighted by atomic mass is 16.7. The fourth-order valence-electron chi connectivity index (χ4n) is 8.04. The molecule has 19 atom stereocenters. The maximum absolute atomic E-state index is 12.6. The summed E-state index contributed by atoms with van der Waals surface area (Å²) < 4.78 is 23.9. The smallest absolute Gasteiger partial charge is 0.311 e. The first-order chi connectivity index (χ1) is 30.3. The highest BCUT2D eigenvalue weighted by Crippen LogP contribution is 2.34. The van der Waals surface area contributed by atoms with E-state index in [1.165, 1.54) is 0 Å². The quantitative estimate of drug-likeness (QED) is 0.182. The van der Waals surface area contributed by atoms with Crippen molar-refractivity contribution < 1.29 is 74.5 Å². The number of esters is 1. The number of fused-ring (bicyclic) bond motifs is 2. The van der Waals surface area contributed by atoms with Gasteiger partial charge in [-0.15, -0.1) is 0 Å². The molecule has 2 saturated heterocycles. The van der Waals surface area contributed by atoms with E-state index < -0.39 is 116 Å². The van der Waals surface area contributed by atoms with E-state index in [9.17, 15) is 55.5 Å². The number of allylic oxidation sites excluding steroid dienone is 12. The normalized spacial score (nSPS) is 44.2. The van der Waals surface area contributed by atoms with Crippen LogP contribution in [0.3, 0.4) is 0 Å². The summed E-state index contributed by atoms with van der Waals surface area (Å²) in [6.07, 6.45) is 8.84. The molecule has 16 nitrogen and oxygen atoms in total. The molecule has 0 aromatic heterocycles. The molecule has 65 heavy (non-hydrogen) atoms. The van der Waals surface area contributed by atoms with Crippen LogP contribution >= 0.6 is 0 Å². The molecule has 0 saturated carbocycles. The minimum atomic E-state index is -1.43. The molecule has 0 aliphatic carbocycles. The third kappa shape index (κ3) is 19.8. The maximum Gasteiger partial charge on any atom is 0.311 e. The van der Waals surface area contributed by atoms with Crippen molar-refractivity contribution >= 4 is 11.9 Å². The second-order valence-electron chi connectivity index (χ2n) is 17.7. The van der Waals surface area contributed by atoms with Crippen molar-refractivity contribution in [2.24, 2.45) is 29.4 Å². The first-order valence-electron chi connectivity index (χ1n) is 22.6. The molecule has 5 unspecified atom stereocenters. The molecule has 0 aromatic carbocycles. The Morgan fingerprint density at radius 2 is 1.18 bits per heavy atom. The molecule has 0 spiro atoms. The van der Waals surface area contributed by atoms with Gasteiger partial charge in [0, 0.05) is 37.1 Å². The van der Waals surface area contributed by atoms with Gasteiger partial charge in [-0.2, -0.15) is 0 Å². The number of hydrogen-bond acceptors (Lipinski definition) is 15. The van der Waals surface area contributed by atoms with Crippen molar-refractivity contribution in [2.75, 3.05) is 0 Å². The molecular weight excluding hydrogens is 843 g/mol. The van der Waals surface area contributed by atoms with Crippen LogP contribution in [0, 0.1) is 23.7 Å². The van der Waals surface area contributed by atoms with E-state index in [0.29, 0.717) is 0 Å². The summed E-state index contributed by atoms with van der Waals surface area (Å²) in [6, 6.07) is -0.658.